The fourth-order valence-electron chi connectivity index (χ4n) is 4.92. The van der Waals surface area contributed by atoms with E-state index in [0.717, 1.165) is 25.7 Å². The molecule has 0 spiro atoms. The summed E-state index contributed by atoms with van der Waals surface area (Å²) in [4.78, 5) is 27.4. The van der Waals surface area contributed by atoms with Gasteiger partial charge in [-0.1, -0.05) is 17.7 Å². The highest BCUT2D eigenvalue weighted by Crippen LogP contribution is 2.31. The second-order valence-corrected chi connectivity index (χ2v) is 11.8. The van der Waals surface area contributed by atoms with Crippen LogP contribution < -0.4 is 15.2 Å². The van der Waals surface area contributed by atoms with Crippen LogP contribution in [0.5, 0.6) is 5.75 Å². The minimum absolute atomic E-state index is 0.0646. The Bertz CT molecular complexity index is 1540. The van der Waals surface area contributed by atoms with E-state index in [1.807, 2.05) is 4.90 Å². The molecular weight excluding hydrogens is 548 g/mol. The molecule has 1 aliphatic heterocycles. The molecule has 0 N–H and O–H groups in total. The number of furan rings is 1. The predicted octanol–water partition coefficient (Wildman–Crippen LogP) is 3.41. The van der Waals surface area contributed by atoms with Gasteiger partial charge in [0.05, 0.1) is 25.1 Å². The number of esters is 1. The van der Waals surface area contributed by atoms with Crippen molar-refractivity contribution < 1.29 is 27.1 Å². The summed E-state index contributed by atoms with van der Waals surface area (Å²) >= 11 is 6.14. The molecule has 1 aliphatic carbocycles. The molecule has 0 unspecified atom stereocenters. The van der Waals surface area contributed by atoms with E-state index in [-0.39, 0.29) is 41.4 Å². The quantitative estimate of drug-likeness (QED) is 0.389. The Morgan fingerprint density at radius 1 is 1.13 bits per heavy atom. The highest BCUT2D eigenvalue weighted by Gasteiger charge is 2.34. The van der Waals surface area contributed by atoms with E-state index >= 15 is 0 Å². The highest BCUT2D eigenvalue weighted by atomic mass is 35.5. The molecule has 3 heterocycles. The zero-order valence-electron chi connectivity index (χ0n) is 21.6. The van der Waals surface area contributed by atoms with Crippen molar-refractivity contribution in [1.29, 1.82) is 0 Å². The number of hydrogen-bond acceptors (Lipinski definition) is 9. The molecule has 1 aromatic carbocycles. The van der Waals surface area contributed by atoms with Crippen LogP contribution in [0.1, 0.15) is 41.8 Å². The van der Waals surface area contributed by atoms with Crippen LogP contribution in [0.4, 0.5) is 5.69 Å². The summed E-state index contributed by atoms with van der Waals surface area (Å²) in [6.45, 7) is 2.37. The largest absolute Gasteiger partial charge is 0.483 e. The standard InChI is InChI=1S/C26H29ClN4O7S/c1-17-21(26(33)36-2)15-23(37-17)39(34,35)30-12-10-29(11-13-30)22-16-28-31(19-7-5-6-18(27)14-19)25(32)24(22)38-20-8-3-4-9-20/h5-7,14-16,20H,3-4,8-13H2,1-2H3. The molecule has 2 aliphatic rings. The zero-order chi connectivity index (χ0) is 27.7. The lowest BCUT2D eigenvalue weighted by molar-refractivity contribution is 0.0598. The third-order valence-electron chi connectivity index (χ3n) is 7.03. The first-order chi connectivity index (χ1) is 18.7. The Morgan fingerprint density at radius 3 is 2.51 bits per heavy atom. The summed E-state index contributed by atoms with van der Waals surface area (Å²) in [5.41, 5.74) is 0.697. The number of piperazine rings is 1. The summed E-state index contributed by atoms with van der Waals surface area (Å²) in [6, 6.07) is 8.04. The third kappa shape index (κ3) is 5.41. The molecule has 1 saturated carbocycles. The maximum Gasteiger partial charge on any atom is 0.341 e. The normalized spacial score (nSPS) is 16.9. The van der Waals surface area contributed by atoms with E-state index in [9.17, 15) is 18.0 Å². The number of carbonyl (C=O) groups excluding carboxylic acids is 1. The monoisotopic (exact) mass is 576 g/mol. The van der Waals surface area contributed by atoms with Gasteiger partial charge in [0.1, 0.15) is 17.0 Å². The molecule has 13 heteroatoms. The Labute approximate surface area is 230 Å². The van der Waals surface area contributed by atoms with Crippen molar-refractivity contribution in [3.8, 4) is 11.4 Å². The van der Waals surface area contributed by atoms with Crippen molar-refractivity contribution in [2.75, 3.05) is 38.2 Å². The second kappa shape index (κ2) is 11.0. The fraction of sp³-hybridized carbons (Fsp3) is 0.423. The van der Waals surface area contributed by atoms with Gasteiger partial charge in [-0.2, -0.15) is 14.1 Å². The van der Waals surface area contributed by atoms with E-state index in [2.05, 4.69) is 5.10 Å². The molecule has 3 aromatic rings. The lowest BCUT2D eigenvalue weighted by atomic mass is 10.2. The Balaban J connectivity index is 1.40. The molecule has 0 amide bonds. The summed E-state index contributed by atoms with van der Waals surface area (Å²) in [5, 5.41) is 4.55. The molecule has 2 aromatic heterocycles. The van der Waals surface area contributed by atoms with Gasteiger partial charge >= 0.3 is 11.5 Å². The number of hydrogen-bond donors (Lipinski definition) is 0. The first-order valence-corrected chi connectivity index (χ1v) is 14.5. The maximum atomic E-state index is 13.6. The summed E-state index contributed by atoms with van der Waals surface area (Å²) < 4.78 is 45.4. The number of aromatic nitrogens is 2. The topological polar surface area (TPSA) is 124 Å². The van der Waals surface area contributed by atoms with Crippen LogP contribution in [0, 0.1) is 6.92 Å². The van der Waals surface area contributed by atoms with E-state index in [0.29, 0.717) is 29.5 Å². The van der Waals surface area contributed by atoms with E-state index in [1.54, 1.807) is 30.5 Å². The molecule has 39 heavy (non-hydrogen) atoms. The molecule has 5 rings (SSSR count). The molecule has 11 nitrogen and oxygen atoms in total. The van der Waals surface area contributed by atoms with Gasteiger partial charge in [0, 0.05) is 37.3 Å². The van der Waals surface area contributed by atoms with Gasteiger partial charge < -0.3 is 18.8 Å². The fourth-order valence-corrected chi connectivity index (χ4v) is 6.50. The number of sulfonamides is 1. The lowest BCUT2D eigenvalue weighted by Gasteiger charge is -2.35. The molecule has 0 atom stereocenters. The summed E-state index contributed by atoms with van der Waals surface area (Å²) in [6.07, 6.45) is 5.30. The van der Waals surface area contributed by atoms with Crippen molar-refractivity contribution in [2.24, 2.45) is 0 Å². The van der Waals surface area contributed by atoms with Crippen LogP contribution in [0.3, 0.4) is 0 Å². The van der Waals surface area contributed by atoms with Crippen molar-refractivity contribution in [1.82, 2.24) is 14.1 Å². The van der Waals surface area contributed by atoms with Crippen LogP contribution >= 0.6 is 11.6 Å². The maximum absolute atomic E-state index is 13.6. The van der Waals surface area contributed by atoms with Crippen molar-refractivity contribution >= 4 is 33.3 Å². The van der Waals surface area contributed by atoms with Gasteiger partial charge in [-0.3, -0.25) is 4.79 Å². The van der Waals surface area contributed by atoms with Crippen LogP contribution in [0.15, 0.2) is 50.8 Å². The van der Waals surface area contributed by atoms with Crippen LogP contribution in [0.2, 0.25) is 5.02 Å². The SMILES string of the molecule is COC(=O)c1cc(S(=O)(=O)N2CCN(c3cnn(-c4cccc(Cl)c4)c(=O)c3OC3CCCC3)CC2)oc1C. The molecular formula is C26H29ClN4O7S. The number of ether oxygens (including phenoxy) is 2. The first kappa shape index (κ1) is 27.2. The lowest BCUT2D eigenvalue weighted by Crippen LogP contribution is -2.49. The summed E-state index contributed by atoms with van der Waals surface area (Å²) in [7, 11) is -2.77. The highest BCUT2D eigenvalue weighted by molar-refractivity contribution is 7.89. The minimum Gasteiger partial charge on any atom is -0.483 e. The van der Waals surface area contributed by atoms with Gasteiger partial charge in [-0.05, 0) is 50.8 Å². The predicted molar refractivity (Wildman–Crippen MR) is 143 cm³/mol. The third-order valence-corrected chi connectivity index (χ3v) is 9.02. The number of halogens is 1. The average Bonchev–Trinajstić information content (AvgIpc) is 3.59. The first-order valence-electron chi connectivity index (χ1n) is 12.7. The van der Waals surface area contributed by atoms with Crippen molar-refractivity contribution in [2.45, 2.75) is 43.8 Å². The van der Waals surface area contributed by atoms with Gasteiger partial charge in [-0.25, -0.2) is 13.2 Å². The number of aryl methyl sites for hydroxylation is 1. The van der Waals surface area contributed by atoms with Gasteiger partial charge in [-0.15, -0.1) is 0 Å². The summed E-state index contributed by atoms with van der Waals surface area (Å²) in [5.74, 6) is -0.311. The zero-order valence-corrected chi connectivity index (χ0v) is 23.2. The Hall–Kier alpha value is -3.35. The number of anilines is 1. The van der Waals surface area contributed by atoms with Gasteiger partial charge in [0.15, 0.2) is 0 Å². The van der Waals surface area contributed by atoms with Crippen LogP contribution in [-0.2, 0) is 14.8 Å². The van der Waals surface area contributed by atoms with E-state index in [1.165, 1.54) is 29.1 Å². The molecule has 2 fully saturated rings. The van der Waals surface area contributed by atoms with E-state index < -0.39 is 21.6 Å². The van der Waals surface area contributed by atoms with Crippen LogP contribution in [-0.4, -0.2) is 67.9 Å². The molecule has 0 bridgehead atoms. The Morgan fingerprint density at radius 2 is 1.85 bits per heavy atom. The molecule has 1 saturated heterocycles. The molecule has 0 radical (unpaired) electrons. The number of nitrogens with zero attached hydrogens (tertiary/aromatic N) is 4. The van der Waals surface area contributed by atoms with Crippen molar-refractivity contribution in [3.63, 3.8) is 0 Å². The number of carbonyl (C=O) groups is 1. The average molecular weight is 577 g/mol. The minimum atomic E-state index is -3.99. The molecule has 208 valence electrons. The van der Waals surface area contributed by atoms with E-state index in [4.69, 9.17) is 25.5 Å². The van der Waals surface area contributed by atoms with Gasteiger partial charge in [0.25, 0.3) is 10.0 Å². The number of benzene rings is 1. The number of rotatable bonds is 7. The smallest absolute Gasteiger partial charge is 0.341 e. The second-order valence-electron chi connectivity index (χ2n) is 9.50. The van der Waals surface area contributed by atoms with Crippen LogP contribution in [0.25, 0.3) is 5.69 Å². The number of methoxy groups -OCH3 is 1. The van der Waals surface area contributed by atoms with Crippen molar-refractivity contribution in [3.05, 3.63) is 63.2 Å². The van der Waals surface area contributed by atoms with Gasteiger partial charge in [0.2, 0.25) is 10.8 Å². The Kier molecular flexibility index (Phi) is 7.70.